The number of aliphatic hydroxyl groups excluding tert-OH is 1. The Kier molecular flexibility index (Phi) is 6.38. The van der Waals surface area contributed by atoms with Crippen LogP contribution in [0.5, 0.6) is 0 Å². The average Bonchev–Trinajstić information content (AvgIpc) is 3.27. The van der Waals surface area contributed by atoms with Gasteiger partial charge in [0, 0.05) is 49.9 Å². The molecular formula is C28H29F3N3O+. The molecule has 3 aromatic rings. The fourth-order valence-corrected chi connectivity index (χ4v) is 5.26. The molecule has 1 fully saturated rings. The van der Waals surface area contributed by atoms with Crippen LogP contribution < -0.4 is 10.3 Å². The summed E-state index contributed by atoms with van der Waals surface area (Å²) in [4.78, 5) is 5.68. The number of fused-ring (bicyclic) bond motifs is 1. The maximum absolute atomic E-state index is 13.0. The number of benzene rings is 3. The van der Waals surface area contributed by atoms with Crippen LogP contribution in [0.25, 0.3) is 11.1 Å². The molecule has 0 radical (unpaired) electrons. The van der Waals surface area contributed by atoms with E-state index in [1.807, 2.05) is 25.1 Å². The number of hydrogen-bond donors (Lipinski definition) is 3. The molecule has 2 aliphatic rings. The van der Waals surface area contributed by atoms with Crippen molar-refractivity contribution in [3.63, 3.8) is 0 Å². The van der Waals surface area contributed by atoms with Crippen LogP contribution in [-0.2, 0) is 19.0 Å². The van der Waals surface area contributed by atoms with Crippen molar-refractivity contribution >= 4 is 11.6 Å². The molecule has 0 spiro atoms. The van der Waals surface area contributed by atoms with E-state index in [0.29, 0.717) is 22.7 Å². The van der Waals surface area contributed by atoms with Crippen LogP contribution in [0.2, 0.25) is 0 Å². The van der Waals surface area contributed by atoms with Crippen molar-refractivity contribution in [1.82, 2.24) is 10.2 Å². The lowest BCUT2D eigenvalue weighted by Crippen LogP contribution is -2.66. The molecule has 4 nitrogen and oxygen atoms in total. The first kappa shape index (κ1) is 23.6. The normalized spacial score (nSPS) is 19.1. The zero-order valence-corrected chi connectivity index (χ0v) is 19.6. The Morgan fingerprint density at radius 3 is 2.40 bits per heavy atom. The summed E-state index contributed by atoms with van der Waals surface area (Å²) in [6, 6.07) is 17.3. The van der Waals surface area contributed by atoms with Crippen molar-refractivity contribution in [3.8, 4) is 11.1 Å². The summed E-state index contributed by atoms with van der Waals surface area (Å²) in [7, 11) is 0. The fourth-order valence-electron chi connectivity index (χ4n) is 5.26. The summed E-state index contributed by atoms with van der Waals surface area (Å²) in [5.41, 5.74) is 5.46. The molecular weight excluding hydrogens is 451 g/mol. The van der Waals surface area contributed by atoms with Crippen LogP contribution in [0, 0.1) is 6.92 Å². The number of rotatable bonds is 4. The van der Waals surface area contributed by atoms with Gasteiger partial charge in [-0.25, -0.2) is 0 Å². The van der Waals surface area contributed by atoms with Crippen LogP contribution in [-0.4, -0.2) is 48.1 Å². The van der Waals surface area contributed by atoms with E-state index < -0.39 is 11.7 Å². The Balaban J connectivity index is 1.42. The lowest BCUT2D eigenvalue weighted by Gasteiger charge is -2.32. The molecule has 0 bridgehead atoms. The molecule has 1 atom stereocenters. The Bertz CT molecular complexity index is 1250. The second-order valence-electron chi connectivity index (χ2n) is 9.38. The summed E-state index contributed by atoms with van der Waals surface area (Å²) in [6.45, 7) is 6.08. The van der Waals surface area contributed by atoms with E-state index >= 15 is 0 Å². The van der Waals surface area contributed by atoms with Crippen molar-refractivity contribution in [2.45, 2.75) is 32.0 Å². The molecule has 0 aromatic heterocycles. The fraction of sp³-hybridized carbons (Fsp3) is 0.321. The van der Waals surface area contributed by atoms with Crippen LogP contribution in [0.3, 0.4) is 0 Å². The lowest BCUT2D eigenvalue weighted by molar-refractivity contribution is -0.364. The highest BCUT2D eigenvalue weighted by atomic mass is 19.4. The van der Waals surface area contributed by atoms with Crippen LogP contribution in [0.15, 0.2) is 60.7 Å². The first-order valence-electron chi connectivity index (χ1n) is 12.0. The van der Waals surface area contributed by atoms with Gasteiger partial charge in [0.05, 0.1) is 11.1 Å². The molecule has 1 aliphatic carbocycles. The van der Waals surface area contributed by atoms with Crippen molar-refractivity contribution in [1.29, 1.82) is 0 Å². The molecule has 1 heterocycles. The Morgan fingerprint density at radius 1 is 0.971 bits per heavy atom. The van der Waals surface area contributed by atoms with Gasteiger partial charge in [0.1, 0.15) is 0 Å². The zero-order chi connectivity index (χ0) is 24.6. The van der Waals surface area contributed by atoms with E-state index in [0.717, 1.165) is 62.4 Å². The van der Waals surface area contributed by atoms with Crippen molar-refractivity contribution in [2.24, 2.45) is 0 Å². The molecule has 1 saturated heterocycles. The van der Waals surface area contributed by atoms with Gasteiger partial charge in [0.15, 0.2) is 0 Å². The monoisotopic (exact) mass is 480 g/mol. The highest BCUT2D eigenvalue weighted by molar-refractivity contribution is 5.97. The van der Waals surface area contributed by atoms with Gasteiger partial charge in [0.2, 0.25) is 5.69 Å². The number of aryl methyl sites for hydroxylation is 1. The second kappa shape index (κ2) is 9.47. The number of nitrogens with one attached hydrogen (secondary N) is 2. The topological polar surface area (TPSA) is 49.5 Å². The van der Waals surface area contributed by atoms with Gasteiger partial charge in [-0.3, -0.25) is 4.90 Å². The zero-order valence-electron chi connectivity index (χ0n) is 19.6. The number of piperazine rings is 1. The lowest BCUT2D eigenvalue weighted by atomic mass is 9.94. The summed E-state index contributed by atoms with van der Waals surface area (Å²) in [5.74, 6) is -0.0276. The summed E-state index contributed by atoms with van der Waals surface area (Å²) >= 11 is 0. The van der Waals surface area contributed by atoms with Gasteiger partial charge in [-0.05, 0) is 60.2 Å². The van der Waals surface area contributed by atoms with Crippen molar-refractivity contribution < 1.29 is 23.3 Å². The first-order chi connectivity index (χ1) is 16.8. The van der Waals surface area contributed by atoms with Crippen molar-refractivity contribution in [2.75, 3.05) is 26.2 Å². The van der Waals surface area contributed by atoms with Crippen LogP contribution in [0.1, 0.15) is 27.8 Å². The Morgan fingerprint density at radius 2 is 1.69 bits per heavy atom. The maximum atomic E-state index is 13.0. The molecule has 0 saturated carbocycles. The molecule has 7 heteroatoms. The number of halogens is 3. The number of hydrogen-bond acceptors (Lipinski definition) is 2. The number of alkyl halides is 3. The average molecular weight is 481 g/mol. The quantitative estimate of drug-likeness (QED) is 0.394. The van der Waals surface area contributed by atoms with Gasteiger partial charge in [0.25, 0.3) is 0 Å². The number of nitrogens with zero attached hydrogens (tertiary/aromatic N) is 1. The summed E-state index contributed by atoms with van der Waals surface area (Å²) in [5, 5.41) is 14.4. The predicted molar refractivity (Wildman–Crippen MR) is 131 cm³/mol. The molecule has 5 rings (SSSR count). The molecule has 1 unspecified atom stereocenters. The van der Waals surface area contributed by atoms with E-state index in [2.05, 4.69) is 27.3 Å². The van der Waals surface area contributed by atoms with Gasteiger partial charge < -0.3 is 10.4 Å². The number of aliphatic hydroxyl groups is 1. The third-order valence-corrected chi connectivity index (χ3v) is 7.08. The van der Waals surface area contributed by atoms with Gasteiger partial charge in [-0.15, -0.1) is 0 Å². The van der Waals surface area contributed by atoms with E-state index in [-0.39, 0.29) is 5.90 Å². The minimum Gasteiger partial charge on any atom is -0.459 e. The van der Waals surface area contributed by atoms with E-state index in [1.165, 1.54) is 23.3 Å². The molecule has 182 valence electrons. The highest BCUT2D eigenvalue weighted by Crippen LogP contribution is 2.33. The predicted octanol–water partition coefficient (Wildman–Crippen LogP) is 3.77. The van der Waals surface area contributed by atoms with Crippen molar-refractivity contribution in [3.05, 3.63) is 88.5 Å². The SMILES string of the molecule is Cc1cccc(C(O)=[NH+]c2ccc3c(c2)CC(N2CCNCC2)C3)c1-c1ccc(C(F)(F)F)cc1. The minimum absolute atomic E-state index is 0.0276. The van der Waals surface area contributed by atoms with Crippen LogP contribution in [0.4, 0.5) is 18.9 Å². The van der Waals surface area contributed by atoms with E-state index in [1.54, 1.807) is 6.07 Å². The Hall–Kier alpha value is -3.16. The minimum atomic E-state index is -4.39. The van der Waals surface area contributed by atoms with Crippen LogP contribution >= 0.6 is 0 Å². The summed E-state index contributed by atoms with van der Waals surface area (Å²) in [6.07, 6.45) is -2.35. The molecule has 0 amide bonds. The third-order valence-electron chi connectivity index (χ3n) is 7.08. The van der Waals surface area contributed by atoms with E-state index in [9.17, 15) is 18.3 Å². The van der Waals surface area contributed by atoms with Gasteiger partial charge in [-0.2, -0.15) is 18.2 Å². The smallest absolute Gasteiger partial charge is 0.416 e. The summed E-state index contributed by atoms with van der Waals surface area (Å²) < 4.78 is 39.0. The third kappa shape index (κ3) is 4.97. The van der Waals surface area contributed by atoms with Gasteiger partial charge in [-0.1, -0.05) is 30.3 Å². The van der Waals surface area contributed by atoms with E-state index in [4.69, 9.17) is 0 Å². The maximum Gasteiger partial charge on any atom is 0.416 e. The molecule has 1 aliphatic heterocycles. The Labute approximate surface area is 203 Å². The standard InChI is InChI=1S/C28H28F3N3O/c1-18-3-2-4-25(26(18)19-5-8-22(9-6-19)28(29,30)31)27(35)33-23-10-7-20-16-24(17-21(20)15-23)34-13-11-32-12-14-34/h2-10,15,24,32H,11-14,16-17H2,1H3,(H,33,35)/p+1. The largest absolute Gasteiger partial charge is 0.459 e. The van der Waals surface area contributed by atoms with Gasteiger partial charge >= 0.3 is 12.1 Å². The first-order valence-corrected chi connectivity index (χ1v) is 12.0. The molecule has 3 aromatic carbocycles. The molecule has 35 heavy (non-hydrogen) atoms. The molecule has 3 N–H and O–H groups in total. The highest BCUT2D eigenvalue weighted by Gasteiger charge is 2.31. The second-order valence-corrected chi connectivity index (χ2v) is 9.38.